The Hall–Kier alpha value is -2.81. The first-order chi connectivity index (χ1) is 12.0. The van der Waals surface area contributed by atoms with Crippen molar-refractivity contribution in [2.45, 2.75) is 26.2 Å². The smallest absolute Gasteiger partial charge is 0.306 e. The van der Waals surface area contributed by atoms with Gasteiger partial charge in [-0.3, -0.25) is 14.4 Å². The highest BCUT2D eigenvalue weighted by atomic mass is 32.1. The van der Waals surface area contributed by atoms with Gasteiger partial charge in [-0.2, -0.15) is 0 Å². The van der Waals surface area contributed by atoms with E-state index in [1.54, 1.807) is 31.2 Å². The van der Waals surface area contributed by atoms with Gasteiger partial charge in [-0.25, -0.2) is 0 Å². The van der Waals surface area contributed by atoms with E-state index in [-0.39, 0.29) is 25.4 Å². The van der Waals surface area contributed by atoms with Gasteiger partial charge in [-0.05, 0) is 25.5 Å². The molecule has 132 valence electrons. The lowest BCUT2D eigenvalue weighted by Gasteiger charge is -2.06. The molecule has 9 heteroatoms. The van der Waals surface area contributed by atoms with Crippen LogP contribution in [0.1, 0.15) is 24.3 Å². The molecule has 0 fully saturated rings. The molecule has 8 nitrogen and oxygen atoms in total. The van der Waals surface area contributed by atoms with Crippen LogP contribution in [0.4, 0.5) is 10.8 Å². The maximum absolute atomic E-state index is 11.7. The number of hydrogen-bond donors (Lipinski definition) is 2. The van der Waals surface area contributed by atoms with Crippen molar-refractivity contribution in [2.75, 3.05) is 17.2 Å². The van der Waals surface area contributed by atoms with Crippen LogP contribution < -0.4 is 10.6 Å². The minimum Gasteiger partial charge on any atom is -0.456 e. The third kappa shape index (κ3) is 7.08. The summed E-state index contributed by atoms with van der Waals surface area (Å²) in [6.07, 6.45) is 0.536. The maximum Gasteiger partial charge on any atom is 0.306 e. The lowest BCUT2D eigenvalue weighted by atomic mass is 10.2. The highest BCUT2D eigenvalue weighted by molar-refractivity contribution is 7.15. The number of esters is 1. The molecule has 0 aliphatic carbocycles. The van der Waals surface area contributed by atoms with Crippen molar-refractivity contribution in [2.24, 2.45) is 0 Å². The number of amides is 2. The van der Waals surface area contributed by atoms with Gasteiger partial charge in [0.25, 0.3) is 5.91 Å². The van der Waals surface area contributed by atoms with E-state index in [0.29, 0.717) is 17.2 Å². The standard InChI is InChI=1S/C16H18N4O4S/c1-11-19-20-16(25-11)18-13(21)8-5-9-15(23)24-10-14(22)17-12-6-3-2-4-7-12/h2-4,6-7H,5,8-10H2,1H3,(H,17,22)(H,18,20,21). The number of aromatic nitrogens is 2. The van der Waals surface area contributed by atoms with Crippen LogP contribution in [-0.2, 0) is 19.1 Å². The zero-order valence-electron chi connectivity index (χ0n) is 13.7. The number of anilines is 2. The Morgan fingerprint density at radius 3 is 2.48 bits per heavy atom. The number of nitrogens with zero attached hydrogens (tertiary/aromatic N) is 2. The third-order valence-corrected chi connectivity index (χ3v) is 3.73. The molecule has 0 saturated heterocycles. The van der Waals surface area contributed by atoms with E-state index in [4.69, 9.17) is 4.74 Å². The van der Waals surface area contributed by atoms with Gasteiger partial charge in [-0.1, -0.05) is 29.5 Å². The first kappa shape index (κ1) is 18.5. The number of hydrogen-bond acceptors (Lipinski definition) is 7. The van der Waals surface area contributed by atoms with Crippen molar-refractivity contribution in [3.63, 3.8) is 0 Å². The summed E-state index contributed by atoms with van der Waals surface area (Å²) in [5.41, 5.74) is 0.632. The van der Waals surface area contributed by atoms with Crippen LogP contribution in [0.5, 0.6) is 0 Å². The Labute approximate surface area is 148 Å². The van der Waals surface area contributed by atoms with Crippen molar-refractivity contribution in [3.8, 4) is 0 Å². The highest BCUT2D eigenvalue weighted by Crippen LogP contribution is 2.14. The lowest BCUT2D eigenvalue weighted by Crippen LogP contribution is -2.21. The monoisotopic (exact) mass is 362 g/mol. The van der Waals surface area contributed by atoms with E-state index in [1.165, 1.54) is 11.3 Å². The molecule has 1 aromatic carbocycles. The number of nitrogens with one attached hydrogen (secondary N) is 2. The summed E-state index contributed by atoms with van der Waals surface area (Å²) in [5, 5.41) is 14.0. The molecule has 1 aromatic heterocycles. The summed E-state index contributed by atoms with van der Waals surface area (Å²) < 4.78 is 4.88. The van der Waals surface area contributed by atoms with Crippen LogP contribution in [0.2, 0.25) is 0 Å². The fraction of sp³-hybridized carbons (Fsp3) is 0.312. The Bertz CT molecular complexity index is 733. The normalized spacial score (nSPS) is 10.1. The van der Waals surface area contributed by atoms with Crippen LogP contribution in [0.25, 0.3) is 0 Å². The zero-order valence-corrected chi connectivity index (χ0v) is 14.5. The van der Waals surface area contributed by atoms with Gasteiger partial charge in [0.1, 0.15) is 5.01 Å². The van der Waals surface area contributed by atoms with Gasteiger partial charge in [-0.15, -0.1) is 10.2 Å². The minimum absolute atomic E-state index is 0.0567. The first-order valence-corrected chi connectivity index (χ1v) is 8.45. The SMILES string of the molecule is Cc1nnc(NC(=O)CCCC(=O)OCC(=O)Nc2ccccc2)s1. The molecule has 2 aromatic rings. The van der Waals surface area contributed by atoms with Crippen molar-refractivity contribution < 1.29 is 19.1 Å². The summed E-state index contributed by atoms with van der Waals surface area (Å²) in [6.45, 7) is 1.43. The molecular weight excluding hydrogens is 344 g/mol. The van der Waals surface area contributed by atoms with Gasteiger partial charge in [0.05, 0.1) is 0 Å². The van der Waals surface area contributed by atoms with E-state index in [2.05, 4.69) is 20.8 Å². The van der Waals surface area contributed by atoms with Crippen LogP contribution >= 0.6 is 11.3 Å². The molecular formula is C16H18N4O4S. The van der Waals surface area contributed by atoms with Crippen molar-refractivity contribution in [1.29, 1.82) is 0 Å². The molecule has 0 unspecified atom stereocenters. The zero-order chi connectivity index (χ0) is 18.1. The fourth-order valence-corrected chi connectivity index (χ4v) is 2.47. The third-order valence-electron chi connectivity index (χ3n) is 2.98. The summed E-state index contributed by atoms with van der Waals surface area (Å²) in [5.74, 6) is -1.18. The molecule has 2 rings (SSSR count). The first-order valence-electron chi connectivity index (χ1n) is 7.63. The van der Waals surface area contributed by atoms with Crippen molar-refractivity contribution in [1.82, 2.24) is 10.2 Å². The summed E-state index contributed by atoms with van der Waals surface area (Å²) >= 11 is 1.28. The predicted octanol–water partition coefficient (Wildman–Crippen LogP) is 2.14. The Morgan fingerprint density at radius 1 is 1.04 bits per heavy atom. The molecule has 0 bridgehead atoms. The molecule has 0 aliphatic heterocycles. The van der Waals surface area contributed by atoms with Crippen molar-refractivity contribution in [3.05, 3.63) is 35.3 Å². The van der Waals surface area contributed by atoms with Crippen LogP contribution in [0.15, 0.2) is 30.3 Å². The van der Waals surface area contributed by atoms with Gasteiger partial charge in [0.2, 0.25) is 11.0 Å². The van der Waals surface area contributed by atoms with E-state index >= 15 is 0 Å². The fourth-order valence-electron chi connectivity index (χ4n) is 1.86. The quantitative estimate of drug-likeness (QED) is 0.696. The van der Waals surface area contributed by atoms with Gasteiger partial charge >= 0.3 is 5.97 Å². The van der Waals surface area contributed by atoms with E-state index in [9.17, 15) is 14.4 Å². The molecule has 0 spiro atoms. The second-order valence-corrected chi connectivity index (χ2v) is 6.28. The summed E-state index contributed by atoms with van der Waals surface area (Å²) in [7, 11) is 0. The maximum atomic E-state index is 11.7. The van der Waals surface area contributed by atoms with Crippen LogP contribution in [0.3, 0.4) is 0 Å². The molecule has 2 N–H and O–H groups in total. The molecule has 0 radical (unpaired) electrons. The second-order valence-electron chi connectivity index (χ2n) is 5.10. The molecule has 25 heavy (non-hydrogen) atoms. The van der Waals surface area contributed by atoms with Crippen molar-refractivity contribution >= 4 is 39.9 Å². The topological polar surface area (TPSA) is 110 Å². The van der Waals surface area contributed by atoms with Gasteiger partial charge in [0.15, 0.2) is 6.61 Å². The number of rotatable bonds is 8. The number of aryl methyl sites for hydroxylation is 1. The second kappa shape index (κ2) is 9.48. The lowest BCUT2D eigenvalue weighted by molar-refractivity contribution is -0.147. The number of ether oxygens (including phenoxy) is 1. The van der Waals surface area contributed by atoms with E-state index in [0.717, 1.165) is 5.01 Å². The molecule has 0 atom stereocenters. The van der Waals surface area contributed by atoms with Gasteiger partial charge < -0.3 is 15.4 Å². The van der Waals surface area contributed by atoms with Crippen LogP contribution in [-0.4, -0.2) is 34.6 Å². The number of carbonyl (C=O) groups is 3. The average molecular weight is 362 g/mol. The Kier molecular flexibility index (Phi) is 7.02. The van der Waals surface area contributed by atoms with Gasteiger partial charge in [0, 0.05) is 18.5 Å². The number of benzene rings is 1. The molecule has 1 heterocycles. The Balaban J connectivity index is 1.59. The summed E-state index contributed by atoms with van der Waals surface area (Å²) in [4.78, 5) is 34.9. The summed E-state index contributed by atoms with van der Waals surface area (Å²) in [6, 6.07) is 8.87. The predicted molar refractivity (Wildman–Crippen MR) is 93.2 cm³/mol. The highest BCUT2D eigenvalue weighted by Gasteiger charge is 2.10. The molecule has 0 saturated carbocycles. The minimum atomic E-state index is -0.525. The molecule has 2 amide bonds. The van der Waals surface area contributed by atoms with Crippen LogP contribution in [0, 0.1) is 6.92 Å². The largest absolute Gasteiger partial charge is 0.456 e. The molecule has 0 aliphatic rings. The van der Waals surface area contributed by atoms with E-state index < -0.39 is 11.9 Å². The number of para-hydroxylation sites is 1. The Morgan fingerprint density at radius 2 is 1.80 bits per heavy atom. The van der Waals surface area contributed by atoms with E-state index in [1.807, 2.05) is 6.07 Å². The average Bonchev–Trinajstić information content (AvgIpc) is 2.98. The number of carbonyl (C=O) groups excluding carboxylic acids is 3.